The molecule has 0 atom stereocenters. The van der Waals surface area contributed by atoms with Crippen molar-refractivity contribution >= 4 is 21.8 Å². The zero-order valence-electron chi connectivity index (χ0n) is 29.2. The fraction of sp³-hybridized carbons (Fsp3) is 0.0638. The van der Waals surface area contributed by atoms with Crippen molar-refractivity contribution in [2.24, 2.45) is 0 Å². The Morgan fingerprint density at radius 3 is 1.52 bits per heavy atom. The largest absolute Gasteiger partial charge is 0.309 e. The van der Waals surface area contributed by atoms with E-state index in [0.717, 1.165) is 50.5 Å². The van der Waals surface area contributed by atoms with Crippen LogP contribution in [0.4, 0.5) is 0 Å². The smallest absolute Gasteiger partial charge is 0.164 e. The second-order valence-electron chi connectivity index (χ2n) is 13.4. The average Bonchev–Trinajstić information content (AvgIpc) is 3.50. The van der Waals surface area contributed by atoms with E-state index < -0.39 is 0 Å². The van der Waals surface area contributed by atoms with Crippen molar-refractivity contribution in [2.75, 3.05) is 0 Å². The van der Waals surface area contributed by atoms with Gasteiger partial charge in [0.15, 0.2) is 17.5 Å². The van der Waals surface area contributed by atoms with E-state index >= 15 is 0 Å². The van der Waals surface area contributed by atoms with E-state index in [1.807, 2.05) is 73.7 Å². The summed E-state index contributed by atoms with van der Waals surface area (Å²) in [4.78, 5) is 20.0. The number of benzene rings is 6. The number of nitrogens with zero attached hydrogens (tertiary/aromatic N) is 5. The van der Waals surface area contributed by atoms with Crippen LogP contribution in [0.15, 0.2) is 158 Å². The van der Waals surface area contributed by atoms with Gasteiger partial charge in [-0.15, -0.1) is 0 Å². The van der Waals surface area contributed by atoms with Crippen LogP contribution in [-0.4, -0.2) is 24.5 Å². The molecule has 52 heavy (non-hydrogen) atoms. The Balaban J connectivity index is 1.24. The first-order chi connectivity index (χ1) is 25.5. The molecule has 0 aliphatic carbocycles. The molecule has 0 bridgehead atoms. The van der Waals surface area contributed by atoms with Gasteiger partial charge in [0.05, 0.1) is 16.7 Å². The van der Waals surface area contributed by atoms with Crippen LogP contribution in [0.2, 0.25) is 0 Å². The maximum Gasteiger partial charge on any atom is 0.164 e. The maximum absolute atomic E-state index is 5.10. The van der Waals surface area contributed by atoms with Crippen LogP contribution in [0.5, 0.6) is 0 Å². The molecule has 0 aliphatic rings. The third kappa shape index (κ3) is 5.72. The lowest BCUT2D eigenvalue weighted by molar-refractivity contribution is 1.07. The molecule has 5 heteroatoms. The Kier molecular flexibility index (Phi) is 7.74. The summed E-state index contributed by atoms with van der Waals surface area (Å²) in [6.07, 6.45) is 0. The first-order valence-electron chi connectivity index (χ1n) is 17.6. The van der Waals surface area contributed by atoms with Gasteiger partial charge in [-0.05, 0) is 92.6 Å². The molecule has 248 valence electrons. The molecule has 6 aromatic carbocycles. The molecular weight excluding hydrogens is 635 g/mol. The molecule has 0 radical (unpaired) electrons. The van der Waals surface area contributed by atoms with Crippen molar-refractivity contribution in [3.05, 3.63) is 175 Å². The van der Waals surface area contributed by atoms with E-state index in [9.17, 15) is 0 Å². The number of hydrogen-bond acceptors (Lipinski definition) is 4. The molecule has 3 heterocycles. The third-order valence-electron chi connectivity index (χ3n) is 9.66. The molecule has 0 unspecified atom stereocenters. The van der Waals surface area contributed by atoms with Crippen LogP contribution < -0.4 is 0 Å². The van der Waals surface area contributed by atoms with Crippen LogP contribution in [0.1, 0.15) is 16.8 Å². The SMILES string of the molecule is Cc1ccc2c(c1)c1cc(C)ccc1n2-c1ccc(-c2cc(-c3cccc(C)n3)ccc2-c2nc(-c3ccccc3)nc(-c3ccccc3)n2)cc1. The molecule has 0 aliphatic heterocycles. The highest BCUT2D eigenvalue weighted by Gasteiger charge is 2.18. The van der Waals surface area contributed by atoms with E-state index in [4.69, 9.17) is 19.9 Å². The quantitative estimate of drug-likeness (QED) is 0.177. The molecule has 3 aromatic heterocycles. The van der Waals surface area contributed by atoms with Gasteiger partial charge in [0, 0.05) is 44.4 Å². The fourth-order valence-electron chi connectivity index (χ4n) is 7.09. The monoisotopic (exact) mass is 669 g/mol. The highest BCUT2D eigenvalue weighted by molar-refractivity contribution is 6.09. The minimum atomic E-state index is 0.615. The average molecular weight is 670 g/mol. The lowest BCUT2D eigenvalue weighted by atomic mass is 9.95. The Bertz CT molecular complexity index is 2630. The lowest BCUT2D eigenvalue weighted by Gasteiger charge is -2.15. The van der Waals surface area contributed by atoms with Gasteiger partial charge in [0.2, 0.25) is 0 Å². The Morgan fingerprint density at radius 2 is 0.942 bits per heavy atom. The van der Waals surface area contributed by atoms with Crippen LogP contribution in [0.3, 0.4) is 0 Å². The van der Waals surface area contributed by atoms with Crippen LogP contribution in [0.25, 0.3) is 84.0 Å². The Labute approximate surface area is 303 Å². The van der Waals surface area contributed by atoms with Crippen molar-refractivity contribution in [3.8, 4) is 62.2 Å². The number of hydrogen-bond donors (Lipinski definition) is 0. The van der Waals surface area contributed by atoms with E-state index in [0.29, 0.717) is 17.5 Å². The number of pyridine rings is 1. The van der Waals surface area contributed by atoms with Crippen molar-refractivity contribution in [2.45, 2.75) is 20.8 Å². The molecule has 9 aromatic rings. The summed E-state index contributed by atoms with van der Waals surface area (Å²) in [6.45, 7) is 6.34. The first kappa shape index (κ1) is 31.3. The minimum absolute atomic E-state index is 0.615. The van der Waals surface area contributed by atoms with E-state index in [1.165, 1.54) is 32.9 Å². The maximum atomic E-state index is 5.10. The summed E-state index contributed by atoms with van der Waals surface area (Å²) in [5.74, 6) is 1.88. The highest BCUT2D eigenvalue weighted by Crippen LogP contribution is 2.38. The van der Waals surface area contributed by atoms with E-state index in [1.54, 1.807) is 0 Å². The molecule has 0 saturated carbocycles. The summed E-state index contributed by atoms with van der Waals surface area (Å²) in [7, 11) is 0. The summed E-state index contributed by atoms with van der Waals surface area (Å²) >= 11 is 0. The van der Waals surface area contributed by atoms with Gasteiger partial charge < -0.3 is 4.57 Å². The van der Waals surface area contributed by atoms with E-state index in [-0.39, 0.29) is 0 Å². The van der Waals surface area contributed by atoms with Crippen LogP contribution >= 0.6 is 0 Å². The second-order valence-corrected chi connectivity index (χ2v) is 13.4. The molecule has 0 saturated heterocycles. The van der Waals surface area contributed by atoms with Crippen LogP contribution in [0, 0.1) is 20.8 Å². The molecule has 0 fully saturated rings. The summed E-state index contributed by atoms with van der Waals surface area (Å²) in [5, 5.41) is 2.53. The molecule has 0 amide bonds. The summed E-state index contributed by atoms with van der Waals surface area (Å²) < 4.78 is 2.37. The third-order valence-corrected chi connectivity index (χ3v) is 9.66. The zero-order chi connectivity index (χ0) is 35.2. The van der Waals surface area contributed by atoms with Crippen molar-refractivity contribution in [3.63, 3.8) is 0 Å². The van der Waals surface area contributed by atoms with Crippen LogP contribution in [-0.2, 0) is 0 Å². The van der Waals surface area contributed by atoms with Gasteiger partial charge in [0.25, 0.3) is 0 Å². The lowest BCUT2D eigenvalue weighted by Crippen LogP contribution is -2.01. The van der Waals surface area contributed by atoms with Gasteiger partial charge >= 0.3 is 0 Å². The fourth-order valence-corrected chi connectivity index (χ4v) is 7.09. The molecular formula is C47H35N5. The summed E-state index contributed by atoms with van der Waals surface area (Å²) in [6, 6.07) is 55.1. The molecule has 9 rings (SSSR count). The second kappa shape index (κ2) is 12.9. The highest BCUT2D eigenvalue weighted by atomic mass is 15.0. The van der Waals surface area contributed by atoms with Gasteiger partial charge in [-0.25, -0.2) is 15.0 Å². The normalized spacial score (nSPS) is 11.4. The summed E-state index contributed by atoms with van der Waals surface area (Å²) in [5.41, 5.74) is 13.8. The predicted molar refractivity (Wildman–Crippen MR) is 213 cm³/mol. The number of fused-ring (bicyclic) bond motifs is 3. The van der Waals surface area contributed by atoms with Gasteiger partial charge in [0.1, 0.15) is 0 Å². The predicted octanol–water partition coefficient (Wildman–Crippen LogP) is 11.6. The Hall–Kier alpha value is -6.72. The molecule has 0 spiro atoms. The molecule has 0 N–H and O–H groups in total. The van der Waals surface area contributed by atoms with Gasteiger partial charge in [-0.3, -0.25) is 4.98 Å². The van der Waals surface area contributed by atoms with Crippen molar-refractivity contribution in [1.82, 2.24) is 24.5 Å². The number of rotatable bonds is 6. The van der Waals surface area contributed by atoms with Crippen molar-refractivity contribution < 1.29 is 0 Å². The number of aromatic nitrogens is 5. The first-order valence-corrected chi connectivity index (χ1v) is 17.6. The number of aryl methyl sites for hydroxylation is 3. The zero-order valence-corrected chi connectivity index (χ0v) is 29.2. The molecule has 5 nitrogen and oxygen atoms in total. The van der Waals surface area contributed by atoms with E-state index in [2.05, 4.69) is 109 Å². The Morgan fingerprint density at radius 1 is 0.385 bits per heavy atom. The standard InChI is InChI=1S/C47H35N5/c1-30-17-25-43-40(27-30)41-28-31(2)18-26-44(41)52(43)37-22-19-33(20-23-37)39-29-36(42-16-10-11-32(3)48-42)21-24-38(39)47-50-45(34-12-6-4-7-13-34)49-46(51-47)35-14-8-5-9-15-35/h4-29H,1-3H3. The van der Waals surface area contributed by atoms with Crippen molar-refractivity contribution in [1.29, 1.82) is 0 Å². The topological polar surface area (TPSA) is 56.5 Å². The minimum Gasteiger partial charge on any atom is -0.309 e. The van der Waals surface area contributed by atoms with Gasteiger partial charge in [-0.2, -0.15) is 0 Å². The van der Waals surface area contributed by atoms with Gasteiger partial charge in [-0.1, -0.05) is 108 Å².